The summed E-state index contributed by atoms with van der Waals surface area (Å²) in [5.74, 6) is 0.394. The largest absolute Gasteiger partial charge is 0.327 e. The first kappa shape index (κ1) is 13.1. The number of allylic oxidation sites excluding steroid dienone is 4. The Kier molecular flexibility index (Phi) is 3.31. The van der Waals surface area contributed by atoms with E-state index in [9.17, 15) is 0 Å². The summed E-state index contributed by atoms with van der Waals surface area (Å²) in [6.45, 7) is 0. The van der Waals surface area contributed by atoms with Crippen LogP contribution in [-0.4, -0.2) is 6.04 Å². The monoisotopic (exact) mass is 277 g/mol. The van der Waals surface area contributed by atoms with E-state index in [-0.39, 0.29) is 6.04 Å². The standard InChI is InChI=1S/C20H23N/c21-19-12-11-15-6-3-4-8-18(15)20(19)17-10-9-14-5-1-2-7-16(14)13-17/h2,4,7-10,13,19-20H,1,3,5-6,11-12,21H2/t19-,20?/m0/s1. The maximum Gasteiger partial charge on any atom is 0.0241 e. The second-order valence-corrected chi connectivity index (χ2v) is 6.58. The number of fused-ring (bicyclic) bond motifs is 1. The molecule has 0 bridgehead atoms. The van der Waals surface area contributed by atoms with Crippen LogP contribution in [0, 0.1) is 0 Å². The summed E-state index contributed by atoms with van der Waals surface area (Å²) in [5, 5.41) is 0. The number of nitrogens with two attached hydrogens (primary N) is 1. The quantitative estimate of drug-likeness (QED) is 0.803. The van der Waals surface area contributed by atoms with Crippen molar-refractivity contribution in [2.24, 2.45) is 5.73 Å². The molecule has 2 N–H and O–H groups in total. The number of hydrogen-bond donors (Lipinski definition) is 1. The van der Waals surface area contributed by atoms with Crippen molar-refractivity contribution in [3.05, 3.63) is 64.3 Å². The van der Waals surface area contributed by atoms with Crippen LogP contribution in [0.15, 0.2) is 47.6 Å². The first-order valence-corrected chi connectivity index (χ1v) is 8.26. The van der Waals surface area contributed by atoms with Crippen LogP contribution in [0.3, 0.4) is 0 Å². The molecule has 0 radical (unpaired) electrons. The van der Waals surface area contributed by atoms with E-state index in [1.807, 2.05) is 0 Å². The van der Waals surface area contributed by atoms with Gasteiger partial charge in [-0.15, -0.1) is 0 Å². The summed E-state index contributed by atoms with van der Waals surface area (Å²) in [7, 11) is 0. The minimum Gasteiger partial charge on any atom is -0.327 e. The summed E-state index contributed by atoms with van der Waals surface area (Å²) in [6, 6.07) is 7.29. The molecule has 0 amide bonds. The highest BCUT2D eigenvalue weighted by Crippen LogP contribution is 2.41. The van der Waals surface area contributed by atoms with Gasteiger partial charge in [-0.25, -0.2) is 0 Å². The van der Waals surface area contributed by atoms with E-state index in [0.717, 1.165) is 6.42 Å². The van der Waals surface area contributed by atoms with Crippen molar-refractivity contribution in [3.63, 3.8) is 0 Å². The molecule has 1 nitrogen and oxygen atoms in total. The van der Waals surface area contributed by atoms with Gasteiger partial charge in [-0.3, -0.25) is 0 Å². The molecule has 108 valence electrons. The predicted molar refractivity (Wildman–Crippen MR) is 89.1 cm³/mol. The third kappa shape index (κ3) is 2.30. The third-order valence-electron chi connectivity index (χ3n) is 5.27. The minimum absolute atomic E-state index is 0.261. The lowest BCUT2D eigenvalue weighted by Crippen LogP contribution is -2.33. The lowest BCUT2D eigenvalue weighted by atomic mass is 9.72. The molecule has 2 atom stereocenters. The fourth-order valence-corrected chi connectivity index (χ4v) is 4.13. The SMILES string of the molecule is N[C@H]1CCC2=C(C=CCC2)C1c1ccc2c(c1)C=CCC2. The topological polar surface area (TPSA) is 26.0 Å². The third-order valence-corrected chi connectivity index (χ3v) is 5.27. The van der Waals surface area contributed by atoms with Crippen LogP contribution in [0.25, 0.3) is 6.08 Å². The highest BCUT2D eigenvalue weighted by atomic mass is 14.7. The molecule has 4 rings (SSSR count). The Balaban J connectivity index is 1.78. The zero-order valence-electron chi connectivity index (χ0n) is 12.5. The normalized spacial score (nSPS) is 27.5. The van der Waals surface area contributed by atoms with Crippen molar-refractivity contribution in [2.75, 3.05) is 0 Å². The molecule has 0 fully saturated rings. The maximum absolute atomic E-state index is 6.51. The van der Waals surface area contributed by atoms with Crippen molar-refractivity contribution in [1.82, 2.24) is 0 Å². The van der Waals surface area contributed by atoms with Gasteiger partial charge >= 0.3 is 0 Å². The number of benzene rings is 1. The van der Waals surface area contributed by atoms with E-state index in [2.05, 4.69) is 42.5 Å². The Morgan fingerprint density at radius 1 is 0.952 bits per heavy atom. The van der Waals surface area contributed by atoms with E-state index in [0.29, 0.717) is 5.92 Å². The van der Waals surface area contributed by atoms with E-state index < -0.39 is 0 Å². The Bertz CT molecular complexity index is 648. The molecule has 0 spiro atoms. The average molecular weight is 277 g/mol. The van der Waals surface area contributed by atoms with E-state index >= 15 is 0 Å². The van der Waals surface area contributed by atoms with Gasteiger partial charge in [0, 0.05) is 12.0 Å². The van der Waals surface area contributed by atoms with Crippen molar-refractivity contribution in [3.8, 4) is 0 Å². The van der Waals surface area contributed by atoms with Crippen LogP contribution in [0.1, 0.15) is 54.7 Å². The fraction of sp³-hybridized carbons (Fsp3) is 0.400. The molecule has 1 unspecified atom stereocenters. The molecule has 1 heteroatoms. The van der Waals surface area contributed by atoms with Gasteiger partial charge in [-0.2, -0.15) is 0 Å². The Hall–Kier alpha value is -1.60. The highest BCUT2D eigenvalue weighted by Gasteiger charge is 2.30. The molecule has 3 aliphatic rings. The van der Waals surface area contributed by atoms with Crippen LogP contribution in [0.5, 0.6) is 0 Å². The predicted octanol–water partition coefficient (Wildman–Crippen LogP) is 4.50. The fourth-order valence-electron chi connectivity index (χ4n) is 4.13. The molecule has 0 saturated carbocycles. The van der Waals surface area contributed by atoms with Crippen molar-refractivity contribution in [1.29, 1.82) is 0 Å². The summed E-state index contributed by atoms with van der Waals surface area (Å²) in [6.07, 6.45) is 16.4. The first-order chi connectivity index (χ1) is 10.3. The van der Waals surface area contributed by atoms with Gasteiger partial charge in [0.15, 0.2) is 0 Å². The van der Waals surface area contributed by atoms with Crippen LogP contribution >= 0.6 is 0 Å². The van der Waals surface area contributed by atoms with Gasteiger partial charge in [0.05, 0.1) is 0 Å². The Morgan fingerprint density at radius 3 is 2.76 bits per heavy atom. The molecular weight excluding hydrogens is 254 g/mol. The number of rotatable bonds is 1. The second kappa shape index (κ2) is 5.31. The summed E-state index contributed by atoms with van der Waals surface area (Å²) in [5.41, 5.74) is 14.0. The van der Waals surface area contributed by atoms with Gasteiger partial charge in [0.2, 0.25) is 0 Å². The molecule has 0 aromatic heterocycles. The van der Waals surface area contributed by atoms with Crippen LogP contribution in [0.2, 0.25) is 0 Å². The Labute approximate surface area is 127 Å². The van der Waals surface area contributed by atoms with Gasteiger partial charge in [-0.05, 0) is 60.8 Å². The van der Waals surface area contributed by atoms with Gasteiger partial charge in [0.25, 0.3) is 0 Å². The lowest BCUT2D eigenvalue weighted by molar-refractivity contribution is 0.505. The van der Waals surface area contributed by atoms with Crippen molar-refractivity contribution < 1.29 is 0 Å². The van der Waals surface area contributed by atoms with Gasteiger partial charge in [-0.1, -0.05) is 48.1 Å². The maximum atomic E-state index is 6.51. The van der Waals surface area contributed by atoms with Crippen LogP contribution in [-0.2, 0) is 6.42 Å². The summed E-state index contributed by atoms with van der Waals surface area (Å²) < 4.78 is 0. The van der Waals surface area contributed by atoms with E-state index in [1.54, 1.807) is 5.57 Å². The molecule has 1 aromatic rings. The zero-order chi connectivity index (χ0) is 14.2. The van der Waals surface area contributed by atoms with Gasteiger partial charge < -0.3 is 5.73 Å². The Morgan fingerprint density at radius 2 is 1.81 bits per heavy atom. The van der Waals surface area contributed by atoms with Gasteiger partial charge in [0.1, 0.15) is 0 Å². The molecule has 0 heterocycles. The van der Waals surface area contributed by atoms with E-state index in [4.69, 9.17) is 5.73 Å². The van der Waals surface area contributed by atoms with Crippen molar-refractivity contribution in [2.45, 2.75) is 50.5 Å². The molecule has 21 heavy (non-hydrogen) atoms. The summed E-state index contributed by atoms with van der Waals surface area (Å²) in [4.78, 5) is 0. The molecule has 1 aromatic carbocycles. The lowest BCUT2D eigenvalue weighted by Gasteiger charge is -2.34. The van der Waals surface area contributed by atoms with Crippen LogP contribution < -0.4 is 5.73 Å². The van der Waals surface area contributed by atoms with Crippen LogP contribution in [0.4, 0.5) is 0 Å². The first-order valence-electron chi connectivity index (χ1n) is 8.26. The summed E-state index contributed by atoms with van der Waals surface area (Å²) >= 11 is 0. The van der Waals surface area contributed by atoms with E-state index in [1.165, 1.54) is 54.4 Å². The number of aryl methyl sites for hydroxylation is 1. The second-order valence-electron chi connectivity index (χ2n) is 6.58. The number of hydrogen-bond acceptors (Lipinski definition) is 1. The molecule has 0 aliphatic heterocycles. The molecule has 3 aliphatic carbocycles. The minimum atomic E-state index is 0.261. The average Bonchev–Trinajstić information content (AvgIpc) is 2.54. The highest BCUT2D eigenvalue weighted by molar-refractivity contribution is 5.59. The smallest absolute Gasteiger partial charge is 0.0241 e. The molecular formula is C20H23N. The zero-order valence-corrected chi connectivity index (χ0v) is 12.5. The van der Waals surface area contributed by atoms with Crippen molar-refractivity contribution >= 4 is 6.08 Å². The molecule has 0 saturated heterocycles.